The summed E-state index contributed by atoms with van der Waals surface area (Å²) in [6, 6.07) is 12.1. The first kappa shape index (κ1) is 17.6. The first-order valence-corrected chi connectivity index (χ1v) is 7.55. The second kappa shape index (κ2) is 8.21. The molecule has 0 fully saturated rings. The van der Waals surface area contributed by atoms with E-state index in [9.17, 15) is 14.7 Å². The quantitative estimate of drug-likeness (QED) is 0.748. The summed E-state index contributed by atoms with van der Waals surface area (Å²) in [5.41, 5.74) is 1.25. The highest BCUT2D eigenvalue weighted by Crippen LogP contribution is 2.27. The number of rotatable bonds is 6. The zero-order valence-electron chi connectivity index (χ0n) is 13.0. The minimum absolute atomic E-state index is 0.187. The van der Waals surface area contributed by atoms with Crippen molar-refractivity contribution in [3.05, 3.63) is 59.1 Å². The molecule has 0 radical (unpaired) electrons. The Hall–Kier alpha value is -2.73. The lowest BCUT2D eigenvalue weighted by atomic mass is 10.1. The second-order valence-electron chi connectivity index (χ2n) is 5.03. The lowest BCUT2D eigenvalue weighted by Crippen LogP contribution is -2.44. The number of ether oxygens (including phenoxy) is 1. The van der Waals surface area contributed by atoms with Crippen LogP contribution in [-0.4, -0.2) is 30.3 Å². The van der Waals surface area contributed by atoms with Crippen LogP contribution < -0.4 is 15.4 Å². The predicted molar refractivity (Wildman–Crippen MR) is 91.7 cm³/mol. The van der Waals surface area contributed by atoms with Crippen LogP contribution in [0.4, 0.5) is 10.5 Å². The molecule has 7 heteroatoms. The minimum Gasteiger partial charge on any atom is -0.495 e. The number of anilines is 1. The maximum atomic E-state index is 12.0. The Morgan fingerprint density at radius 2 is 1.92 bits per heavy atom. The fraction of sp³-hybridized carbons (Fsp3) is 0.176. The molecule has 1 unspecified atom stereocenters. The Bertz CT molecular complexity index is 722. The monoisotopic (exact) mass is 348 g/mol. The molecule has 6 nitrogen and oxygen atoms in total. The predicted octanol–water partition coefficient (Wildman–Crippen LogP) is 3.17. The maximum Gasteiger partial charge on any atom is 0.326 e. The molecule has 0 saturated carbocycles. The number of amides is 2. The number of nitrogens with one attached hydrogen (secondary N) is 2. The number of carboxylic acids is 1. The molecule has 3 N–H and O–H groups in total. The molecule has 0 aromatic heterocycles. The molecule has 0 aliphatic rings. The Kier molecular flexibility index (Phi) is 6.03. The number of benzene rings is 2. The van der Waals surface area contributed by atoms with Gasteiger partial charge in [-0.15, -0.1) is 0 Å². The van der Waals surface area contributed by atoms with E-state index in [0.29, 0.717) is 16.5 Å². The average Bonchev–Trinajstić information content (AvgIpc) is 2.55. The highest BCUT2D eigenvalue weighted by Gasteiger charge is 2.20. The van der Waals surface area contributed by atoms with Gasteiger partial charge in [0.25, 0.3) is 0 Å². The molecular weight excluding hydrogens is 332 g/mol. The first-order chi connectivity index (χ1) is 11.5. The van der Waals surface area contributed by atoms with Crippen molar-refractivity contribution in [1.29, 1.82) is 0 Å². The summed E-state index contributed by atoms with van der Waals surface area (Å²) in [6.07, 6.45) is 0.187. The molecule has 24 heavy (non-hydrogen) atoms. The smallest absolute Gasteiger partial charge is 0.326 e. The number of methoxy groups -OCH3 is 1. The van der Waals surface area contributed by atoms with Crippen LogP contribution >= 0.6 is 11.6 Å². The van der Waals surface area contributed by atoms with Crippen LogP contribution in [0.15, 0.2) is 48.5 Å². The molecule has 1 atom stereocenters. The van der Waals surface area contributed by atoms with E-state index in [4.69, 9.17) is 16.3 Å². The number of aliphatic carboxylic acids is 1. The number of hydrogen-bond acceptors (Lipinski definition) is 3. The van der Waals surface area contributed by atoms with Gasteiger partial charge in [-0.1, -0.05) is 41.9 Å². The van der Waals surface area contributed by atoms with Crippen molar-refractivity contribution < 1.29 is 19.4 Å². The molecule has 2 rings (SSSR count). The van der Waals surface area contributed by atoms with Crippen LogP contribution in [0.2, 0.25) is 5.02 Å². The van der Waals surface area contributed by atoms with Crippen molar-refractivity contribution in [3.8, 4) is 5.75 Å². The molecule has 2 aromatic carbocycles. The van der Waals surface area contributed by atoms with Gasteiger partial charge in [0.15, 0.2) is 0 Å². The van der Waals surface area contributed by atoms with E-state index in [-0.39, 0.29) is 6.42 Å². The number of hydrogen-bond donors (Lipinski definition) is 3. The standard InChI is InChI=1S/C17H17ClN2O4/c1-24-15-8-7-12(10-13(15)18)19-17(23)20-14(16(21)22)9-11-5-3-2-4-6-11/h2-8,10,14H,9H2,1H3,(H,21,22)(H2,19,20,23). The number of carbonyl (C=O) groups is 2. The van der Waals surface area contributed by atoms with Crippen molar-refractivity contribution in [2.45, 2.75) is 12.5 Å². The summed E-state index contributed by atoms with van der Waals surface area (Å²) in [6.45, 7) is 0. The third-order valence-electron chi connectivity index (χ3n) is 3.30. The SMILES string of the molecule is COc1ccc(NC(=O)NC(Cc2ccccc2)C(=O)O)cc1Cl. The van der Waals surface area contributed by atoms with E-state index in [1.165, 1.54) is 13.2 Å². The third-order valence-corrected chi connectivity index (χ3v) is 3.59. The van der Waals surface area contributed by atoms with E-state index in [1.54, 1.807) is 24.3 Å². The molecule has 0 aliphatic heterocycles. The average molecular weight is 349 g/mol. The zero-order chi connectivity index (χ0) is 17.5. The fourth-order valence-corrected chi connectivity index (χ4v) is 2.38. The molecule has 126 valence electrons. The molecule has 2 aromatic rings. The highest BCUT2D eigenvalue weighted by atomic mass is 35.5. The van der Waals surface area contributed by atoms with Gasteiger partial charge in [0.1, 0.15) is 11.8 Å². The van der Waals surface area contributed by atoms with Crippen molar-refractivity contribution in [1.82, 2.24) is 5.32 Å². The van der Waals surface area contributed by atoms with Crippen LogP contribution in [0.25, 0.3) is 0 Å². The van der Waals surface area contributed by atoms with Gasteiger partial charge in [0.2, 0.25) is 0 Å². The zero-order valence-corrected chi connectivity index (χ0v) is 13.7. The van der Waals surface area contributed by atoms with Gasteiger partial charge < -0.3 is 20.5 Å². The Morgan fingerprint density at radius 3 is 2.50 bits per heavy atom. The molecule has 0 heterocycles. The van der Waals surface area contributed by atoms with Gasteiger partial charge in [0, 0.05) is 12.1 Å². The van der Waals surface area contributed by atoms with Crippen LogP contribution in [0.5, 0.6) is 5.75 Å². The summed E-state index contributed by atoms with van der Waals surface area (Å²) in [5, 5.41) is 14.6. The van der Waals surface area contributed by atoms with E-state index < -0.39 is 18.0 Å². The number of urea groups is 1. The summed E-state index contributed by atoms with van der Waals surface area (Å²) in [5.74, 6) is -0.628. The van der Waals surface area contributed by atoms with Crippen LogP contribution in [0.1, 0.15) is 5.56 Å². The molecule has 0 bridgehead atoms. The summed E-state index contributed by atoms with van der Waals surface area (Å²) in [7, 11) is 1.49. The largest absolute Gasteiger partial charge is 0.495 e. The molecular formula is C17H17ClN2O4. The minimum atomic E-state index is -1.11. The van der Waals surface area contributed by atoms with E-state index in [0.717, 1.165) is 5.56 Å². The topological polar surface area (TPSA) is 87.7 Å². The maximum absolute atomic E-state index is 12.0. The van der Waals surface area contributed by atoms with Gasteiger partial charge in [0.05, 0.1) is 12.1 Å². The number of carboxylic acid groups (broad SMARTS) is 1. The van der Waals surface area contributed by atoms with Gasteiger partial charge >= 0.3 is 12.0 Å². The lowest BCUT2D eigenvalue weighted by molar-refractivity contribution is -0.139. The summed E-state index contributed by atoms with van der Waals surface area (Å²) < 4.78 is 5.03. The third kappa shape index (κ3) is 4.89. The van der Waals surface area contributed by atoms with Gasteiger partial charge in [-0.3, -0.25) is 0 Å². The Balaban J connectivity index is 2.00. The summed E-state index contributed by atoms with van der Waals surface area (Å²) in [4.78, 5) is 23.4. The normalized spacial score (nSPS) is 11.4. The van der Waals surface area contributed by atoms with Crippen molar-refractivity contribution in [2.24, 2.45) is 0 Å². The van der Waals surface area contributed by atoms with Crippen LogP contribution in [0.3, 0.4) is 0 Å². The van der Waals surface area contributed by atoms with Crippen molar-refractivity contribution >= 4 is 29.3 Å². The van der Waals surface area contributed by atoms with E-state index in [1.807, 2.05) is 18.2 Å². The van der Waals surface area contributed by atoms with Crippen LogP contribution in [0, 0.1) is 0 Å². The highest BCUT2D eigenvalue weighted by molar-refractivity contribution is 6.32. The molecule has 0 saturated heterocycles. The van der Waals surface area contributed by atoms with Gasteiger partial charge in [-0.25, -0.2) is 9.59 Å². The number of carbonyl (C=O) groups excluding carboxylic acids is 1. The van der Waals surface area contributed by atoms with Gasteiger partial charge in [-0.05, 0) is 23.8 Å². The first-order valence-electron chi connectivity index (χ1n) is 7.17. The van der Waals surface area contributed by atoms with E-state index >= 15 is 0 Å². The van der Waals surface area contributed by atoms with Crippen molar-refractivity contribution in [2.75, 3.05) is 12.4 Å². The molecule has 0 aliphatic carbocycles. The Morgan fingerprint density at radius 1 is 1.21 bits per heavy atom. The lowest BCUT2D eigenvalue weighted by Gasteiger charge is -2.15. The van der Waals surface area contributed by atoms with E-state index in [2.05, 4.69) is 10.6 Å². The summed E-state index contributed by atoms with van der Waals surface area (Å²) >= 11 is 5.99. The Labute approximate surface area is 144 Å². The molecule has 2 amide bonds. The number of halogens is 1. The fourth-order valence-electron chi connectivity index (χ4n) is 2.12. The van der Waals surface area contributed by atoms with Crippen LogP contribution in [-0.2, 0) is 11.2 Å². The molecule has 0 spiro atoms. The van der Waals surface area contributed by atoms with Crippen molar-refractivity contribution in [3.63, 3.8) is 0 Å². The second-order valence-corrected chi connectivity index (χ2v) is 5.44. The van der Waals surface area contributed by atoms with Gasteiger partial charge in [-0.2, -0.15) is 0 Å².